The molecule has 0 spiro atoms. The van der Waals surface area contributed by atoms with E-state index in [9.17, 15) is 0 Å². The summed E-state index contributed by atoms with van der Waals surface area (Å²) in [6.07, 6.45) is 0. The molecule has 0 bridgehead atoms. The molecule has 19 heavy (non-hydrogen) atoms. The molecule has 3 nitrogen and oxygen atoms in total. The summed E-state index contributed by atoms with van der Waals surface area (Å²) in [7, 11) is 2.09. The zero-order valence-electron chi connectivity index (χ0n) is 12.4. The van der Waals surface area contributed by atoms with Gasteiger partial charge >= 0.3 is 0 Å². The summed E-state index contributed by atoms with van der Waals surface area (Å²) in [4.78, 5) is 2.21. The third-order valence-electron chi connectivity index (χ3n) is 3.17. The molecule has 1 aromatic carbocycles. The summed E-state index contributed by atoms with van der Waals surface area (Å²) in [5, 5.41) is 3.43. The average molecular weight is 329 g/mol. The minimum absolute atomic E-state index is 0.379. The van der Waals surface area contributed by atoms with Crippen molar-refractivity contribution >= 4 is 21.6 Å². The topological polar surface area (TPSA) is 24.5 Å². The largest absolute Gasteiger partial charge is 0.380 e. The van der Waals surface area contributed by atoms with Gasteiger partial charge in [0.05, 0.1) is 12.3 Å². The number of nitrogens with zero attached hydrogens (tertiary/aromatic N) is 1. The first-order valence-corrected chi connectivity index (χ1v) is 7.71. The molecule has 0 aliphatic carbocycles. The van der Waals surface area contributed by atoms with E-state index in [1.165, 1.54) is 11.3 Å². The fourth-order valence-electron chi connectivity index (χ4n) is 1.99. The second kappa shape index (κ2) is 8.56. The first kappa shape index (κ1) is 16.5. The molecule has 1 unspecified atom stereocenters. The minimum Gasteiger partial charge on any atom is -0.380 e. The van der Waals surface area contributed by atoms with E-state index in [4.69, 9.17) is 4.74 Å². The smallest absolute Gasteiger partial charge is 0.0641 e. The molecule has 0 saturated carbocycles. The SMILES string of the molecule is CCNC(C)c1ccc(N(C)CCOCC)c(Br)c1. The van der Waals surface area contributed by atoms with Gasteiger partial charge in [0, 0.05) is 30.7 Å². The Bertz CT molecular complexity index is 384. The lowest BCUT2D eigenvalue weighted by atomic mass is 10.1. The predicted octanol–water partition coefficient (Wildman–Crippen LogP) is 3.59. The Morgan fingerprint density at radius 1 is 1.37 bits per heavy atom. The van der Waals surface area contributed by atoms with E-state index >= 15 is 0 Å². The van der Waals surface area contributed by atoms with Crippen molar-refractivity contribution in [3.63, 3.8) is 0 Å². The molecule has 0 aliphatic rings. The number of ether oxygens (including phenoxy) is 1. The highest BCUT2D eigenvalue weighted by Gasteiger charge is 2.09. The second-order valence-electron chi connectivity index (χ2n) is 4.61. The van der Waals surface area contributed by atoms with Gasteiger partial charge in [-0.2, -0.15) is 0 Å². The maximum atomic E-state index is 5.39. The Hall–Kier alpha value is -0.580. The van der Waals surface area contributed by atoms with Gasteiger partial charge in [-0.15, -0.1) is 0 Å². The van der Waals surface area contributed by atoms with Crippen LogP contribution in [0.3, 0.4) is 0 Å². The van der Waals surface area contributed by atoms with Crippen molar-refractivity contribution in [1.82, 2.24) is 5.32 Å². The van der Waals surface area contributed by atoms with Gasteiger partial charge in [-0.1, -0.05) is 13.0 Å². The fourth-order valence-corrected chi connectivity index (χ4v) is 2.69. The summed E-state index contributed by atoms with van der Waals surface area (Å²) in [5.74, 6) is 0. The van der Waals surface area contributed by atoms with Gasteiger partial charge in [0.1, 0.15) is 0 Å². The lowest BCUT2D eigenvalue weighted by Gasteiger charge is -2.22. The Labute approximate surface area is 125 Å². The fraction of sp³-hybridized carbons (Fsp3) is 0.600. The van der Waals surface area contributed by atoms with Crippen molar-refractivity contribution in [2.75, 3.05) is 38.3 Å². The van der Waals surface area contributed by atoms with Gasteiger partial charge < -0.3 is 15.0 Å². The van der Waals surface area contributed by atoms with Crippen LogP contribution in [0.25, 0.3) is 0 Å². The van der Waals surface area contributed by atoms with E-state index in [2.05, 4.69) is 65.2 Å². The molecule has 1 aromatic rings. The van der Waals surface area contributed by atoms with Crippen molar-refractivity contribution in [2.24, 2.45) is 0 Å². The number of anilines is 1. The molecule has 0 heterocycles. The molecule has 4 heteroatoms. The van der Waals surface area contributed by atoms with Gasteiger partial charge in [0.25, 0.3) is 0 Å². The number of hydrogen-bond acceptors (Lipinski definition) is 3. The molecular formula is C15H25BrN2O. The number of rotatable bonds is 8. The lowest BCUT2D eigenvalue weighted by molar-refractivity contribution is 0.154. The molecule has 0 saturated heterocycles. The van der Waals surface area contributed by atoms with Crippen LogP contribution in [0, 0.1) is 0 Å². The van der Waals surface area contributed by atoms with Crippen LogP contribution in [-0.4, -0.2) is 33.4 Å². The summed E-state index contributed by atoms with van der Waals surface area (Å²) < 4.78 is 6.53. The number of hydrogen-bond donors (Lipinski definition) is 1. The Balaban J connectivity index is 2.70. The van der Waals surface area contributed by atoms with Crippen molar-refractivity contribution in [1.29, 1.82) is 0 Å². The quantitative estimate of drug-likeness (QED) is 0.738. The molecule has 0 aromatic heterocycles. The Morgan fingerprint density at radius 2 is 2.11 bits per heavy atom. The van der Waals surface area contributed by atoms with Crippen molar-refractivity contribution in [3.05, 3.63) is 28.2 Å². The average Bonchev–Trinajstić information content (AvgIpc) is 2.39. The van der Waals surface area contributed by atoms with Crippen LogP contribution in [0.1, 0.15) is 32.4 Å². The standard InChI is InChI=1S/C15H25BrN2O/c1-5-17-12(3)13-7-8-15(14(16)11-13)18(4)9-10-19-6-2/h7-8,11-12,17H,5-6,9-10H2,1-4H3. The number of nitrogens with one attached hydrogen (secondary N) is 1. The summed E-state index contributed by atoms with van der Waals surface area (Å²) in [6.45, 7) is 9.74. The van der Waals surface area contributed by atoms with Gasteiger partial charge in [-0.25, -0.2) is 0 Å². The Morgan fingerprint density at radius 3 is 2.68 bits per heavy atom. The van der Waals surface area contributed by atoms with E-state index in [0.29, 0.717) is 6.04 Å². The normalized spacial score (nSPS) is 12.5. The van der Waals surface area contributed by atoms with Gasteiger partial charge in [-0.3, -0.25) is 0 Å². The number of halogens is 1. The molecule has 1 N–H and O–H groups in total. The molecule has 1 atom stereocenters. The highest BCUT2D eigenvalue weighted by atomic mass is 79.9. The van der Waals surface area contributed by atoms with E-state index in [1.54, 1.807) is 0 Å². The van der Waals surface area contributed by atoms with Crippen molar-refractivity contribution < 1.29 is 4.74 Å². The van der Waals surface area contributed by atoms with E-state index in [-0.39, 0.29) is 0 Å². The third kappa shape index (κ3) is 5.13. The van der Waals surface area contributed by atoms with Crippen LogP contribution in [0.15, 0.2) is 22.7 Å². The summed E-state index contributed by atoms with van der Waals surface area (Å²) in [5.41, 5.74) is 2.50. The maximum absolute atomic E-state index is 5.39. The zero-order chi connectivity index (χ0) is 14.3. The number of benzene rings is 1. The van der Waals surface area contributed by atoms with Gasteiger partial charge in [0.2, 0.25) is 0 Å². The highest BCUT2D eigenvalue weighted by Crippen LogP contribution is 2.28. The van der Waals surface area contributed by atoms with E-state index < -0.39 is 0 Å². The third-order valence-corrected chi connectivity index (χ3v) is 3.80. The molecule has 0 aliphatic heterocycles. The van der Waals surface area contributed by atoms with E-state index in [1.807, 2.05) is 6.92 Å². The summed E-state index contributed by atoms with van der Waals surface area (Å²) >= 11 is 3.67. The first-order valence-electron chi connectivity index (χ1n) is 6.91. The van der Waals surface area contributed by atoms with Crippen LogP contribution in [0.4, 0.5) is 5.69 Å². The summed E-state index contributed by atoms with van der Waals surface area (Å²) in [6, 6.07) is 6.92. The second-order valence-corrected chi connectivity index (χ2v) is 5.46. The first-order chi connectivity index (χ1) is 9.10. The van der Waals surface area contributed by atoms with Crippen LogP contribution in [-0.2, 0) is 4.74 Å². The van der Waals surface area contributed by atoms with Crippen molar-refractivity contribution in [3.8, 4) is 0 Å². The maximum Gasteiger partial charge on any atom is 0.0641 e. The van der Waals surface area contributed by atoms with E-state index in [0.717, 1.165) is 30.8 Å². The molecule has 0 radical (unpaired) electrons. The van der Waals surface area contributed by atoms with Crippen LogP contribution in [0.5, 0.6) is 0 Å². The zero-order valence-corrected chi connectivity index (χ0v) is 14.0. The molecule has 0 amide bonds. The van der Waals surface area contributed by atoms with Gasteiger partial charge in [-0.05, 0) is 54.0 Å². The predicted molar refractivity (Wildman–Crippen MR) is 86.0 cm³/mol. The lowest BCUT2D eigenvalue weighted by Crippen LogP contribution is -2.23. The van der Waals surface area contributed by atoms with Crippen LogP contribution in [0.2, 0.25) is 0 Å². The van der Waals surface area contributed by atoms with Gasteiger partial charge in [0.15, 0.2) is 0 Å². The molecule has 0 fully saturated rings. The molecule has 108 valence electrons. The molecule has 1 rings (SSSR count). The molecular weight excluding hydrogens is 304 g/mol. The highest BCUT2D eigenvalue weighted by molar-refractivity contribution is 9.10. The van der Waals surface area contributed by atoms with Crippen molar-refractivity contribution in [2.45, 2.75) is 26.8 Å². The Kier molecular flexibility index (Phi) is 7.42. The van der Waals surface area contributed by atoms with Crippen LogP contribution >= 0.6 is 15.9 Å². The minimum atomic E-state index is 0.379. The van der Waals surface area contributed by atoms with Crippen LogP contribution < -0.4 is 10.2 Å². The number of likely N-dealkylation sites (N-methyl/N-ethyl adjacent to an activating group) is 1. The monoisotopic (exact) mass is 328 g/mol.